The summed E-state index contributed by atoms with van der Waals surface area (Å²) in [5.41, 5.74) is 0. The minimum absolute atomic E-state index is 0.0472. The zero-order valence-corrected chi connectivity index (χ0v) is 72.3. The Bertz CT molecular complexity index is 1220. The lowest BCUT2D eigenvalue weighted by molar-refractivity contribution is -0.144. The number of carbonyl (C=O) groups is 7. The van der Waals surface area contributed by atoms with Crippen LogP contribution in [-0.4, -0.2) is 88.0 Å². The van der Waals surface area contributed by atoms with Gasteiger partial charge in [0.1, 0.15) is 0 Å². The van der Waals surface area contributed by atoms with E-state index < -0.39 is 0 Å². The number of hydrogen-bond donors (Lipinski definition) is 0. The Kier molecular flexibility index (Phi) is 145. The topological polar surface area (TPSA) is 184 Å². The van der Waals surface area contributed by atoms with E-state index in [-0.39, 0.29) is 41.8 Å². The summed E-state index contributed by atoms with van der Waals surface area (Å²) in [7, 11) is 0. The molecule has 0 atom stereocenters. The van der Waals surface area contributed by atoms with Crippen molar-refractivity contribution in [1.82, 2.24) is 0 Å². The van der Waals surface area contributed by atoms with Crippen molar-refractivity contribution in [3.63, 3.8) is 0 Å². The third kappa shape index (κ3) is 154. The maximum atomic E-state index is 10.9. The SMILES string of the molecule is CCCCCC.CCCCCC.CCCCCC.CCCCCCCC(=O)OCC.CCCCCCCC(=O)OCC.CCCCCCCC(=O)OCC.CCCCCCCC(=O)OCC.CCCCCCCC(=O)OCC.CCCCCCCC(=O)OCC.CCCCCCCC(=O)OCC. The summed E-state index contributed by atoms with van der Waals surface area (Å²) in [6.07, 6.45) is 62.2. The van der Waals surface area contributed by atoms with E-state index in [0.29, 0.717) is 91.2 Å². The summed E-state index contributed by atoms with van der Waals surface area (Å²) in [4.78, 5) is 76.0. The Morgan fingerprint density at radius 2 is 0.206 bits per heavy atom. The molecule has 0 spiro atoms. The van der Waals surface area contributed by atoms with Crippen molar-refractivity contribution in [1.29, 1.82) is 0 Å². The Labute approximate surface area is 636 Å². The van der Waals surface area contributed by atoms with Crippen molar-refractivity contribution >= 4 is 41.8 Å². The lowest BCUT2D eigenvalue weighted by Gasteiger charge is -2.00. The van der Waals surface area contributed by atoms with Gasteiger partial charge in [0.15, 0.2) is 0 Å². The third-order valence-corrected chi connectivity index (χ3v) is 15.4. The van der Waals surface area contributed by atoms with Gasteiger partial charge in [-0.2, -0.15) is 0 Å². The Hall–Kier alpha value is -3.71. The predicted octanol–water partition coefficient (Wildman–Crippen LogP) is 28.1. The van der Waals surface area contributed by atoms with Crippen LogP contribution in [0.5, 0.6) is 0 Å². The van der Waals surface area contributed by atoms with Crippen LogP contribution in [0, 0.1) is 0 Å². The highest BCUT2D eigenvalue weighted by Crippen LogP contribution is 2.11. The average molecular weight is 1460 g/mol. The van der Waals surface area contributed by atoms with Gasteiger partial charge in [0.2, 0.25) is 0 Å². The maximum Gasteiger partial charge on any atom is 0.305 e. The van der Waals surface area contributed by atoms with Gasteiger partial charge in [-0.3, -0.25) is 33.6 Å². The average Bonchev–Trinajstić information content (AvgIpc) is 3.79. The van der Waals surface area contributed by atoms with E-state index >= 15 is 0 Å². The maximum absolute atomic E-state index is 10.9. The highest BCUT2D eigenvalue weighted by molar-refractivity contribution is 5.71. The molecule has 0 radical (unpaired) electrons. The van der Waals surface area contributed by atoms with Gasteiger partial charge < -0.3 is 33.2 Å². The molecule has 0 heterocycles. The van der Waals surface area contributed by atoms with Crippen LogP contribution in [0.4, 0.5) is 0 Å². The van der Waals surface area contributed by atoms with Crippen LogP contribution in [0.2, 0.25) is 0 Å². The second-order valence-corrected chi connectivity index (χ2v) is 25.9. The van der Waals surface area contributed by atoms with Crippen molar-refractivity contribution in [3.8, 4) is 0 Å². The van der Waals surface area contributed by atoms with Gasteiger partial charge in [0.25, 0.3) is 0 Å². The first-order valence-electron chi connectivity index (χ1n) is 43.5. The zero-order valence-electron chi connectivity index (χ0n) is 72.3. The molecule has 0 rings (SSSR count). The van der Waals surface area contributed by atoms with Crippen LogP contribution in [0.15, 0.2) is 0 Å². The zero-order chi connectivity index (χ0) is 79.1. The molecular weight excluding hydrogens is 1280 g/mol. The van der Waals surface area contributed by atoms with Crippen LogP contribution in [0.25, 0.3) is 0 Å². The predicted molar refractivity (Wildman–Crippen MR) is 440 cm³/mol. The highest BCUT2D eigenvalue weighted by Gasteiger charge is 2.05. The highest BCUT2D eigenvalue weighted by atomic mass is 16.6. The molecule has 14 nitrogen and oxygen atoms in total. The van der Waals surface area contributed by atoms with Gasteiger partial charge >= 0.3 is 41.8 Å². The monoisotopic (exact) mass is 1460 g/mol. The van der Waals surface area contributed by atoms with E-state index in [4.69, 9.17) is 33.2 Å². The smallest absolute Gasteiger partial charge is 0.305 e. The Morgan fingerprint density at radius 3 is 0.284 bits per heavy atom. The molecule has 0 aliphatic rings. The normalized spacial score (nSPS) is 9.69. The number of rotatable bonds is 58. The van der Waals surface area contributed by atoms with Crippen molar-refractivity contribution < 1.29 is 66.7 Å². The van der Waals surface area contributed by atoms with E-state index in [9.17, 15) is 33.6 Å². The molecule has 0 amide bonds. The van der Waals surface area contributed by atoms with Gasteiger partial charge in [-0.1, -0.05) is 347 Å². The summed E-state index contributed by atoms with van der Waals surface area (Å²) in [5.74, 6) is -0.331. The third-order valence-electron chi connectivity index (χ3n) is 15.4. The molecule has 0 saturated heterocycles. The van der Waals surface area contributed by atoms with Crippen LogP contribution in [-0.2, 0) is 66.7 Å². The molecule has 0 aromatic rings. The minimum atomic E-state index is -0.0472. The van der Waals surface area contributed by atoms with Crippen molar-refractivity contribution in [2.75, 3.05) is 46.2 Å². The summed E-state index contributed by atoms with van der Waals surface area (Å²) in [6, 6.07) is 0. The Balaban J connectivity index is -0.000000116. The van der Waals surface area contributed by atoms with E-state index in [1.54, 1.807) is 0 Å². The quantitative estimate of drug-likeness (QED) is 0.0318. The van der Waals surface area contributed by atoms with Gasteiger partial charge in [0.05, 0.1) is 46.2 Å². The molecule has 14 heteroatoms. The molecule has 0 aromatic carbocycles. The fourth-order valence-electron chi connectivity index (χ4n) is 9.24. The van der Waals surface area contributed by atoms with E-state index in [1.165, 1.54) is 212 Å². The van der Waals surface area contributed by atoms with Gasteiger partial charge in [-0.25, -0.2) is 0 Å². The van der Waals surface area contributed by atoms with Crippen LogP contribution in [0.3, 0.4) is 0 Å². The number of unbranched alkanes of at least 4 members (excludes halogenated alkanes) is 37. The second kappa shape index (κ2) is 124. The van der Waals surface area contributed by atoms with Gasteiger partial charge in [-0.15, -0.1) is 0 Å². The Morgan fingerprint density at radius 1 is 0.127 bits per heavy atom. The first kappa shape index (κ1) is 119. The minimum Gasteiger partial charge on any atom is -0.466 e. The van der Waals surface area contributed by atoms with Crippen LogP contribution < -0.4 is 0 Å². The molecule has 0 bridgehead atoms. The summed E-state index contributed by atoms with van der Waals surface area (Å²) >= 11 is 0. The number of hydrogen-bond acceptors (Lipinski definition) is 14. The van der Waals surface area contributed by atoms with Crippen molar-refractivity contribution in [2.24, 2.45) is 0 Å². The van der Waals surface area contributed by atoms with Gasteiger partial charge in [-0.05, 0) is 93.4 Å². The molecule has 0 unspecified atom stereocenters. The van der Waals surface area contributed by atoms with Crippen LogP contribution in [0.1, 0.15) is 485 Å². The van der Waals surface area contributed by atoms with Crippen molar-refractivity contribution in [3.05, 3.63) is 0 Å². The molecule has 0 aliphatic heterocycles. The fraction of sp³-hybridized carbons (Fsp3) is 0.920. The summed E-state index contributed by atoms with van der Waals surface area (Å²) in [6.45, 7) is 45.1. The largest absolute Gasteiger partial charge is 0.466 e. The summed E-state index contributed by atoms with van der Waals surface area (Å²) < 4.78 is 33.7. The van der Waals surface area contributed by atoms with Crippen LogP contribution >= 0.6 is 0 Å². The number of esters is 7. The van der Waals surface area contributed by atoms with E-state index in [2.05, 4.69) is 90.0 Å². The number of ether oxygens (including phenoxy) is 7. The summed E-state index contributed by atoms with van der Waals surface area (Å²) in [5, 5.41) is 0. The van der Waals surface area contributed by atoms with Crippen molar-refractivity contribution in [2.45, 2.75) is 485 Å². The molecule has 618 valence electrons. The second-order valence-electron chi connectivity index (χ2n) is 25.9. The lowest BCUT2D eigenvalue weighted by atomic mass is 10.1. The fourth-order valence-corrected chi connectivity index (χ4v) is 9.24. The van der Waals surface area contributed by atoms with E-state index in [0.717, 1.165) is 89.9 Å². The standard InChI is InChI=1S/7C10H20O2.3C6H14/c7*1-3-5-6-7-8-9-10(11)12-4-2;3*1-3-5-6-4-2/h7*3-9H2,1-2H3;3*3-6H2,1-2H3. The van der Waals surface area contributed by atoms with Gasteiger partial charge in [0, 0.05) is 44.9 Å². The first-order valence-corrected chi connectivity index (χ1v) is 43.5. The first-order chi connectivity index (χ1) is 49.4. The molecule has 102 heavy (non-hydrogen) atoms. The molecule has 0 aromatic heterocycles. The lowest BCUT2D eigenvalue weighted by Crippen LogP contribution is -2.02. The molecule has 0 fully saturated rings. The molecular formula is C88H182O14. The van der Waals surface area contributed by atoms with E-state index in [1.807, 2.05) is 48.5 Å². The molecule has 0 saturated carbocycles. The molecule has 0 aliphatic carbocycles. The number of carbonyl (C=O) groups excluding carboxylic acids is 7. The molecule has 0 N–H and O–H groups in total.